The number of rotatable bonds is 1. The highest BCUT2D eigenvalue weighted by molar-refractivity contribution is 5.24. The van der Waals surface area contributed by atoms with Crippen LogP contribution < -0.4 is 0 Å². The van der Waals surface area contributed by atoms with Crippen LogP contribution in [0.25, 0.3) is 0 Å². The molecular weight excluding hydrogens is 112 g/mol. The molecule has 47 valence electrons. The fourth-order valence-corrected chi connectivity index (χ4v) is 0.653. The molecule has 1 aromatic rings. The van der Waals surface area contributed by atoms with Gasteiger partial charge in [-0.3, -0.25) is 0 Å². The lowest BCUT2D eigenvalue weighted by Gasteiger charge is -1.93. The molecule has 0 aliphatic carbocycles. The predicted molar refractivity (Wildman–Crippen MR) is 36.5 cm³/mol. The van der Waals surface area contributed by atoms with Crippen LogP contribution in [0.15, 0.2) is 24.3 Å². The van der Waals surface area contributed by atoms with E-state index in [2.05, 4.69) is 0 Å². The Bertz CT molecular complexity index is 176. The summed E-state index contributed by atoms with van der Waals surface area (Å²) in [5, 5.41) is 8.50. The molecule has 0 spiro atoms. The molecule has 0 atom stereocenters. The lowest BCUT2D eigenvalue weighted by atomic mass is 10.2. The number of aliphatic hydroxyl groups excluding tert-OH is 1. The van der Waals surface area contributed by atoms with Crippen molar-refractivity contribution in [1.82, 2.24) is 0 Å². The summed E-state index contributed by atoms with van der Waals surface area (Å²) in [6.45, 7) is 3.11. The van der Waals surface area contributed by atoms with E-state index in [4.69, 9.17) is 5.11 Å². The zero-order valence-corrected chi connectivity index (χ0v) is 5.33. The van der Waals surface area contributed by atoms with Crippen molar-refractivity contribution in [3.8, 4) is 0 Å². The third-order valence-corrected chi connectivity index (χ3v) is 1.23. The van der Waals surface area contributed by atoms with E-state index in [1.807, 2.05) is 31.2 Å². The van der Waals surface area contributed by atoms with E-state index < -0.39 is 0 Å². The quantitative estimate of drug-likeness (QED) is 0.601. The molecule has 0 unspecified atom stereocenters. The fourth-order valence-electron chi connectivity index (χ4n) is 0.653. The van der Waals surface area contributed by atoms with Crippen molar-refractivity contribution in [3.05, 3.63) is 42.0 Å². The molecule has 1 rings (SSSR count). The van der Waals surface area contributed by atoms with Gasteiger partial charge in [0, 0.05) is 0 Å². The van der Waals surface area contributed by atoms with Crippen molar-refractivity contribution in [3.63, 3.8) is 0 Å². The second-order valence-corrected chi connectivity index (χ2v) is 2.04. The van der Waals surface area contributed by atoms with Crippen molar-refractivity contribution < 1.29 is 5.11 Å². The predicted octanol–water partition coefficient (Wildman–Crippen LogP) is 1.88. The summed E-state index contributed by atoms with van der Waals surface area (Å²) >= 11 is 0. The highest BCUT2D eigenvalue weighted by Gasteiger charge is 1.86. The largest absolute Gasteiger partial charge is 0.385 e. The van der Waals surface area contributed by atoms with Crippen LogP contribution in [0, 0.1) is 13.5 Å². The first-order valence-electron chi connectivity index (χ1n) is 2.87. The highest BCUT2D eigenvalue weighted by atomic mass is 16.3. The smallest absolute Gasteiger partial charge is 0.109 e. The van der Waals surface area contributed by atoms with Gasteiger partial charge in [-0.2, -0.15) is 0 Å². The molecule has 0 saturated carbocycles. The van der Waals surface area contributed by atoms with Crippen LogP contribution in [-0.4, -0.2) is 5.11 Å². The van der Waals surface area contributed by atoms with E-state index in [0.29, 0.717) is 0 Å². The topological polar surface area (TPSA) is 20.2 Å². The first kappa shape index (κ1) is 6.30. The summed E-state index contributed by atoms with van der Waals surface area (Å²) in [5.41, 5.74) is 2.06. The highest BCUT2D eigenvalue weighted by Crippen LogP contribution is 2.02. The van der Waals surface area contributed by atoms with Crippen LogP contribution in [0.2, 0.25) is 0 Å². The Morgan fingerprint density at radius 1 is 1.22 bits per heavy atom. The van der Waals surface area contributed by atoms with Gasteiger partial charge in [0.1, 0.15) is 6.61 Å². The maximum Gasteiger partial charge on any atom is 0.109 e. The maximum absolute atomic E-state index is 8.50. The van der Waals surface area contributed by atoms with E-state index in [1.54, 1.807) is 0 Å². The zero-order valence-electron chi connectivity index (χ0n) is 5.33. The molecule has 0 aliphatic heterocycles. The molecule has 0 bridgehead atoms. The molecule has 0 heterocycles. The fraction of sp³-hybridized carbons (Fsp3) is 0.125. The van der Waals surface area contributed by atoms with Crippen LogP contribution in [-0.2, 0) is 0 Å². The number of aliphatic hydroxyl groups is 1. The molecule has 0 aromatic heterocycles. The minimum atomic E-state index is 0.848. The minimum absolute atomic E-state index is 0.848. The summed E-state index contributed by atoms with van der Waals surface area (Å²) in [6.07, 6.45) is 0. The zero-order chi connectivity index (χ0) is 6.69. The van der Waals surface area contributed by atoms with Gasteiger partial charge < -0.3 is 5.11 Å². The molecular formula is C8H9O. The van der Waals surface area contributed by atoms with Gasteiger partial charge in [-0.15, -0.1) is 0 Å². The Hall–Kier alpha value is -0.820. The summed E-state index contributed by atoms with van der Waals surface area (Å²) in [5.74, 6) is 0. The maximum atomic E-state index is 8.50. The Morgan fingerprint density at radius 3 is 2.22 bits per heavy atom. The normalized spacial score (nSPS) is 9.56. The average Bonchev–Trinajstić information content (AvgIpc) is 1.90. The minimum Gasteiger partial charge on any atom is -0.385 e. The first-order chi connectivity index (χ1) is 4.33. The monoisotopic (exact) mass is 121 g/mol. The number of benzene rings is 1. The summed E-state index contributed by atoms with van der Waals surface area (Å²) in [4.78, 5) is 0. The Balaban J connectivity index is 2.88. The lowest BCUT2D eigenvalue weighted by Crippen LogP contribution is -1.78. The lowest BCUT2D eigenvalue weighted by molar-refractivity contribution is 0.415. The van der Waals surface area contributed by atoms with E-state index in [-0.39, 0.29) is 0 Å². The van der Waals surface area contributed by atoms with Crippen molar-refractivity contribution in [1.29, 1.82) is 0 Å². The molecule has 1 aromatic carbocycles. The third-order valence-electron chi connectivity index (χ3n) is 1.23. The van der Waals surface area contributed by atoms with E-state index in [1.165, 1.54) is 5.56 Å². The first-order valence-corrected chi connectivity index (χ1v) is 2.87. The average molecular weight is 121 g/mol. The van der Waals surface area contributed by atoms with Crippen LogP contribution in [0.3, 0.4) is 0 Å². The standard InChI is InChI=1S/C8H9O/c1-7-2-4-8(6-9)5-3-7/h2-6,9H,1H3. The van der Waals surface area contributed by atoms with Crippen molar-refractivity contribution in [2.75, 3.05) is 0 Å². The van der Waals surface area contributed by atoms with Gasteiger partial charge in [0.15, 0.2) is 0 Å². The Kier molecular flexibility index (Phi) is 1.85. The van der Waals surface area contributed by atoms with E-state index >= 15 is 0 Å². The van der Waals surface area contributed by atoms with Gasteiger partial charge in [0.25, 0.3) is 0 Å². The Morgan fingerprint density at radius 2 is 1.78 bits per heavy atom. The van der Waals surface area contributed by atoms with Crippen LogP contribution in [0.5, 0.6) is 0 Å². The summed E-state index contributed by atoms with van der Waals surface area (Å²) < 4.78 is 0. The molecule has 0 fully saturated rings. The molecule has 1 nitrogen and oxygen atoms in total. The van der Waals surface area contributed by atoms with Crippen molar-refractivity contribution in [2.24, 2.45) is 0 Å². The van der Waals surface area contributed by atoms with E-state index in [0.717, 1.165) is 12.2 Å². The number of hydrogen-bond donors (Lipinski definition) is 1. The van der Waals surface area contributed by atoms with E-state index in [9.17, 15) is 0 Å². The third kappa shape index (κ3) is 1.54. The number of aryl methyl sites for hydroxylation is 1. The van der Waals surface area contributed by atoms with Crippen LogP contribution >= 0.6 is 0 Å². The van der Waals surface area contributed by atoms with Crippen molar-refractivity contribution >= 4 is 0 Å². The van der Waals surface area contributed by atoms with Crippen LogP contribution in [0.4, 0.5) is 0 Å². The summed E-state index contributed by atoms with van der Waals surface area (Å²) in [7, 11) is 0. The van der Waals surface area contributed by atoms with Crippen LogP contribution in [0.1, 0.15) is 11.1 Å². The van der Waals surface area contributed by atoms with Gasteiger partial charge in [0.05, 0.1) is 0 Å². The molecule has 0 saturated heterocycles. The molecule has 9 heavy (non-hydrogen) atoms. The second-order valence-electron chi connectivity index (χ2n) is 2.04. The SMILES string of the molecule is Cc1ccc([CH]O)cc1. The van der Waals surface area contributed by atoms with Gasteiger partial charge in [-0.05, 0) is 12.5 Å². The van der Waals surface area contributed by atoms with Gasteiger partial charge in [-0.25, -0.2) is 0 Å². The molecule has 1 radical (unpaired) electrons. The van der Waals surface area contributed by atoms with Gasteiger partial charge >= 0.3 is 0 Å². The van der Waals surface area contributed by atoms with Crippen molar-refractivity contribution in [2.45, 2.75) is 6.92 Å². The van der Waals surface area contributed by atoms with Gasteiger partial charge in [0.2, 0.25) is 0 Å². The second kappa shape index (κ2) is 2.65. The molecule has 1 N–H and O–H groups in total. The Labute approximate surface area is 55.0 Å². The van der Waals surface area contributed by atoms with Gasteiger partial charge in [-0.1, -0.05) is 29.8 Å². The molecule has 0 amide bonds. The molecule has 0 aliphatic rings. The summed E-state index contributed by atoms with van der Waals surface area (Å²) in [6, 6.07) is 7.66. The molecule has 1 heteroatoms. The number of hydrogen-bond acceptors (Lipinski definition) is 1.